The van der Waals surface area contributed by atoms with Gasteiger partial charge in [-0.15, -0.1) is 11.3 Å². The molecule has 6 nitrogen and oxygen atoms in total. The van der Waals surface area contributed by atoms with Crippen LogP contribution in [0, 0.1) is 0 Å². The molecule has 1 aliphatic rings. The van der Waals surface area contributed by atoms with Gasteiger partial charge in [0.1, 0.15) is 6.33 Å². The van der Waals surface area contributed by atoms with Gasteiger partial charge >= 0.3 is 0 Å². The second-order valence-corrected chi connectivity index (χ2v) is 7.57. The molecule has 7 heteroatoms. The van der Waals surface area contributed by atoms with E-state index in [1.807, 2.05) is 30.5 Å². The van der Waals surface area contributed by atoms with Crippen molar-refractivity contribution in [1.29, 1.82) is 0 Å². The van der Waals surface area contributed by atoms with Crippen molar-refractivity contribution in [2.45, 2.75) is 0 Å². The lowest BCUT2D eigenvalue weighted by molar-refractivity contribution is 0.174. The SMILES string of the molecule is c1nc(Nc2ccc3[nH]ccc3c2)c2sc(-c3ccc4c(c3)OCO4)cc2n1. The summed E-state index contributed by atoms with van der Waals surface area (Å²) in [6, 6.07) is 16.3. The number of nitrogens with one attached hydrogen (secondary N) is 2. The molecule has 4 heterocycles. The molecular formula is C21H14N4O2S. The van der Waals surface area contributed by atoms with E-state index in [9.17, 15) is 0 Å². The van der Waals surface area contributed by atoms with E-state index in [0.717, 1.165) is 54.6 Å². The molecule has 0 saturated carbocycles. The summed E-state index contributed by atoms with van der Waals surface area (Å²) in [7, 11) is 0. The molecule has 0 bridgehead atoms. The number of fused-ring (bicyclic) bond motifs is 3. The Morgan fingerprint density at radius 2 is 1.93 bits per heavy atom. The number of rotatable bonds is 3. The number of ether oxygens (including phenoxy) is 2. The topological polar surface area (TPSA) is 72.1 Å². The molecule has 0 atom stereocenters. The molecule has 0 aliphatic carbocycles. The summed E-state index contributed by atoms with van der Waals surface area (Å²) in [5.41, 5.74) is 4.09. The Morgan fingerprint density at radius 1 is 0.964 bits per heavy atom. The molecule has 0 saturated heterocycles. The third-order valence-corrected chi connectivity index (χ3v) is 5.96. The van der Waals surface area contributed by atoms with Crippen molar-refractivity contribution < 1.29 is 9.47 Å². The average molecular weight is 386 g/mol. The first-order valence-electron chi connectivity index (χ1n) is 8.82. The number of H-pyrrole nitrogens is 1. The van der Waals surface area contributed by atoms with Gasteiger partial charge in [-0.25, -0.2) is 9.97 Å². The van der Waals surface area contributed by atoms with Gasteiger partial charge in [0, 0.05) is 27.7 Å². The minimum Gasteiger partial charge on any atom is -0.454 e. The molecule has 0 unspecified atom stereocenters. The van der Waals surface area contributed by atoms with Crippen LogP contribution in [0.4, 0.5) is 11.5 Å². The van der Waals surface area contributed by atoms with Gasteiger partial charge in [0.15, 0.2) is 17.3 Å². The summed E-state index contributed by atoms with van der Waals surface area (Å²) in [5, 5.41) is 4.59. The van der Waals surface area contributed by atoms with Crippen LogP contribution in [0.25, 0.3) is 31.6 Å². The second kappa shape index (κ2) is 5.97. The van der Waals surface area contributed by atoms with Gasteiger partial charge in [-0.2, -0.15) is 0 Å². The van der Waals surface area contributed by atoms with Crippen LogP contribution in [0.3, 0.4) is 0 Å². The van der Waals surface area contributed by atoms with Crippen molar-refractivity contribution >= 4 is 44.0 Å². The van der Waals surface area contributed by atoms with Gasteiger partial charge in [-0.3, -0.25) is 0 Å². The molecule has 0 fully saturated rings. The molecule has 3 aromatic heterocycles. The van der Waals surface area contributed by atoms with Crippen molar-refractivity contribution in [3.63, 3.8) is 0 Å². The first-order chi connectivity index (χ1) is 13.8. The maximum absolute atomic E-state index is 5.51. The van der Waals surface area contributed by atoms with Crippen LogP contribution in [0.15, 0.2) is 61.1 Å². The fourth-order valence-corrected chi connectivity index (χ4v) is 4.46. The number of benzene rings is 2. The van der Waals surface area contributed by atoms with Crippen molar-refractivity contribution in [2.75, 3.05) is 12.1 Å². The van der Waals surface area contributed by atoms with Crippen LogP contribution < -0.4 is 14.8 Å². The van der Waals surface area contributed by atoms with Crippen LogP contribution in [0.2, 0.25) is 0 Å². The van der Waals surface area contributed by atoms with Crippen LogP contribution in [-0.4, -0.2) is 21.7 Å². The maximum atomic E-state index is 5.51. The number of hydrogen-bond donors (Lipinski definition) is 2. The summed E-state index contributed by atoms with van der Waals surface area (Å²) in [6.07, 6.45) is 3.53. The van der Waals surface area contributed by atoms with Crippen molar-refractivity contribution in [1.82, 2.24) is 15.0 Å². The molecule has 2 aromatic carbocycles. The molecule has 136 valence electrons. The highest BCUT2D eigenvalue weighted by Crippen LogP contribution is 2.41. The fraction of sp³-hybridized carbons (Fsp3) is 0.0476. The summed E-state index contributed by atoms with van der Waals surface area (Å²) in [4.78, 5) is 13.2. The van der Waals surface area contributed by atoms with Gasteiger partial charge in [-0.05, 0) is 54.1 Å². The zero-order valence-electron chi connectivity index (χ0n) is 14.6. The Bertz CT molecular complexity index is 1340. The lowest BCUT2D eigenvalue weighted by atomic mass is 10.1. The minimum absolute atomic E-state index is 0.274. The third kappa shape index (κ3) is 2.48. The van der Waals surface area contributed by atoms with E-state index in [4.69, 9.17) is 9.47 Å². The summed E-state index contributed by atoms with van der Waals surface area (Å²) in [6.45, 7) is 0.274. The van der Waals surface area contributed by atoms with Crippen molar-refractivity contribution in [3.05, 3.63) is 61.1 Å². The van der Waals surface area contributed by atoms with Gasteiger partial charge in [0.25, 0.3) is 0 Å². The molecule has 28 heavy (non-hydrogen) atoms. The summed E-state index contributed by atoms with van der Waals surface area (Å²) < 4.78 is 11.9. The van der Waals surface area contributed by atoms with E-state index in [2.05, 4.69) is 44.5 Å². The fourth-order valence-electron chi connectivity index (χ4n) is 3.40. The van der Waals surface area contributed by atoms with Crippen LogP contribution in [0.1, 0.15) is 0 Å². The number of aromatic amines is 1. The standard InChI is InChI=1S/C21H14N4O2S/c1-4-17-18(27-11-26-17)8-13(1)19-9-16-20(28-19)21(24-10-23-16)25-14-2-3-15-12(7-14)5-6-22-15/h1-10,22H,11H2,(H,23,24,25). The highest BCUT2D eigenvalue weighted by Gasteiger charge is 2.16. The predicted molar refractivity (Wildman–Crippen MR) is 111 cm³/mol. The van der Waals surface area contributed by atoms with Crippen molar-refractivity contribution in [2.24, 2.45) is 0 Å². The van der Waals surface area contributed by atoms with Crippen molar-refractivity contribution in [3.8, 4) is 21.9 Å². The first kappa shape index (κ1) is 15.5. The largest absolute Gasteiger partial charge is 0.454 e. The van der Waals surface area contributed by atoms with Gasteiger partial charge in [-0.1, -0.05) is 0 Å². The van der Waals surface area contributed by atoms with E-state index < -0.39 is 0 Å². The molecule has 1 aliphatic heterocycles. The lowest BCUT2D eigenvalue weighted by Gasteiger charge is -2.06. The molecule has 2 N–H and O–H groups in total. The highest BCUT2D eigenvalue weighted by atomic mass is 32.1. The van der Waals surface area contributed by atoms with Gasteiger partial charge in [0.2, 0.25) is 6.79 Å². The minimum atomic E-state index is 0.274. The Hall–Kier alpha value is -3.58. The molecule has 0 radical (unpaired) electrons. The maximum Gasteiger partial charge on any atom is 0.231 e. The first-order valence-corrected chi connectivity index (χ1v) is 9.64. The lowest BCUT2D eigenvalue weighted by Crippen LogP contribution is -1.94. The smallest absolute Gasteiger partial charge is 0.231 e. The monoisotopic (exact) mass is 386 g/mol. The quantitative estimate of drug-likeness (QED) is 0.439. The van der Waals surface area contributed by atoms with Crippen LogP contribution in [0.5, 0.6) is 11.5 Å². The second-order valence-electron chi connectivity index (χ2n) is 6.52. The Labute approximate surface area is 163 Å². The third-order valence-electron chi connectivity index (χ3n) is 4.78. The molecule has 0 amide bonds. The van der Waals surface area contributed by atoms with E-state index >= 15 is 0 Å². The number of aromatic nitrogens is 3. The van der Waals surface area contributed by atoms with E-state index in [0.29, 0.717) is 0 Å². The van der Waals surface area contributed by atoms with Gasteiger partial charge in [0.05, 0.1) is 10.2 Å². The number of hydrogen-bond acceptors (Lipinski definition) is 6. The van der Waals surface area contributed by atoms with E-state index in [-0.39, 0.29) is 6.79 Å². The highest BCUT2D eigenvalue weighted by molar-refractivity contribution is 7.22. The van der Waals surface area contributed by atoms with Crippen LogP contribution >= 0.6 is 11.3 Å². The van der Waals surface area contributed by atoms with Gasteiger partial charge < -0.3 is 19.8 Å². The Balaban J connectivity index is 1.40. The normalized spacial score (nSPS) is 12.7. The summed E-state index contributed by atoms with van der Waals surface area (Å²) >= 11 is 1.66. The molecule has 6 rings (SSSR count). The Morgan fingerprint density at radius 3 is 2.93 bits per heavy atom. The number of thiophene rings is 1. The number of nitrogens with zero attached hydrogens (tertiary/aromatic N) is 2. The van der Waals surface area contributed by atoms with E-state index in [1.165, 1.54) is 0 Å². The zero-order chi connectivity index (χ0) is 18.5. The van der Waals surface area contributed by atoms with Crippen LogP contribution in [-0.2, 0) is 0 Å². The number of anilines is 2. The molecule has 0 spiro atoms. The zero-order valence-corrected chi connectivity index (χ0v) is 15.4. The predicted octanol–water partition coefficient (Wildman–Crippen LogP) is 5.31. The summed E-state index contributed by atoms with van der Waals surface area (Å²) in [5.74, 6) is 2.36. The Kier molecular flexibility index (Phi) is 3.30. The van der Waals surface area contributed by atoms with E-state index in [1.54, 1.807) is 17.7 Å². The molecule has 5 aromatic rings. The molecular weight excluding hydrogens is 372 g/mol. The average Bonchev–Trinajstić information content (AvgIpc) is 3.45.